The minimum absolute atomic E-state index is 0.299. The standard InChI is InChI=1S/C25H31FN6O2/c1-16-11-20(14-28-23(16)31-9-7-18(8-10-31)12-25(3,4)34)30-24(33)21-15-29-32(17(21)2)22-6-5-19(26)13-27-22/h5-6,11,13-15,18,34H,7-10,12H2,1-4H3,(H,30,33). The highest BCUT2D eigenvalue weighted by atomic mass is 19.1. The highest BCUT2D eigenvalue weighted by molar-refractivity contribution is 6.05. The summed E-state index contributed by atoms with van der Waals surface area (Å²) in [7, 11) is 0. The molecular formula is C25H31FN6O2. The molecule has 0 bridgehead atoms. The second-order valence-corrected chi connectivity index (χ2v) is 9.66. The number of carbonyl (C=O) groups is 1. The summed E-state index contributed by atoms with van der Waals surface area (Å²) in [6.07, 6.45) is 7.12. The molecule has 0 aliphatic carbocycles. The van der Waals surface area contributed by atoms with Gasteiger partial charge in [0.15, 0.2) is 5.82 Å². The minimum atomic E-state index is -0.634. The first-order valence-corrected chi connectivity index (χ1v) is 11.5. The molecule has 4 heterocycles. The Bertz CT molecular complexity index is 1160. The van der Waals surface area contributed by atoms with Crippen molar-refractivity contribution in [2.24, 2.45) is 5.92 Å². The molecule has 0 radical (unpaired) electrons. The molecule has 9 heteroatoms. The van der Waals surface area contributed by atoms with Crippen LogP contribution in [0.2, 0.25) is 0 Å². The van der Waals surface area contributed by atoms with Crippen molar-refractivity contribution >= 4 is 17.4 Å². The van der Waals surface area contributed by atoms with Gasteiger partial charge in [0, 0.05) is 13.1 Å². The van der Waals surface area contributed by atoms with Gasteiger partial charge in [0.1, 0.15) is 11.6 Å². The first-order chi connectivity index (χ1) is 16.1. The Kier molecular flexibility index (Phi) is 6.65. The third-order valence-electron chi connectivity index (χ3n) is 6.19. The fraction of sp³-hybridized carbons (Fsp3) is 0.440. The predicted molar refractivity (Wildman–Crippen MR) is 129 cm³/mol. The zero-order valence-corrected chi connectivity index (χ0v) is 20.0. The molecule has 1 saturated heterocycles. The Labute approximate surface area is 198 Å². The number of hydrogen-bond donors (Lipinski definition) is 2. The van der Waals surface area contributed by atoms with Crippen molar-refractivity contribution in [1.29, 1.82) is 0 Å². The third kappa shape index (κ3) is 5.41. The molecule has 0 saturated carbocycles. The van der Waals surface area contributed by atoms with Crippen LogP contribution in [0.4, 0.5) is 15.9 Å². The Balaban J connectivity index is 1.41. The van der Waals surface area contributed by atoms with Gasteiger partial charge < -0.3 is 15.3 Å². The number of amides is 1. The Morgan fingerprint density at radius 1 is 1.18 bits per heavy atom. The molecule has 1 fully saturated rings. The quantitative estimate of drug-likeness (QED) is 0.569. The van der Waals surface area contributed by atoms with Crippen molar-refractivity contribution in [3.63, 3.8) is 0 Å². The molecular weight excluding hydrogens is 435 g/mol. The van der Waals surface area contributed by atoms with Crippen LogP contribution in [-0.2, 0) is 0 Å². The second kappa shape index (κ2) is 9.50. The van der Waals surface area contributed by atoms with Crippen molar-refractivity contribution in [1.82, 2.24) is 19.7 Å². The Morgan fingerprint density at radius 2 is 1.91 bits per heavy atom. The van der Waals surface area contributed by atoms with E-state index in [1.165, 1.54) is 23.0 Å². The fourth-order valence-corrected chi connectivity index (χ4v) is 4.58. The van der Waals surface area contributed by atoms with Gasteiger partial charge in [-0.05, 0) is 76.6 Å². The molecule has 3 aromatic heterocycles. The largest absolute Gasteiger partial charge is 0.390 e. The van der Waals surface area contributed by atoms with E-state index in [4.69, 9.17) is 0 Å². The predicted octanol–water partition coefficient (Wildman–Crippen LogP) is 4.05. The zero-order valence-electron chi connectivity index (χ0n) is 20.0. The molecule has 8 nitrogen and oxygen atoms in total. The van der Waals surface area contributed by atoms with Crippen molar-refractivity contribution in [2.75, 3.05) is 23.3 Å². The number of pyridine rings is 2. The van der Waals surface area contributed by atoms with Crippen LogP contribution in [0, 0.1) is 25.6 Å². The second-order valence-electron chi connectivity index (χ2n) is 9.66. The number of hydrogen-bond acceptors (Lipinski definition) is 6. The molecule has 0 aromatic carbocycles. The normalized spacial score (nSPS) is 14.9. The summed E-state index contributed by atoms with van der Waals surface area (Å²) < 4.78 is 14.7. The van der Waals surface area contributed by atoms with E-state index in [0.29, 0.717) is 28.7 Å². The molecule has 0 unspecified atom stereocenters. The van der Waals surface area contributed by atoms with Crippen LogP contribution >= 0.6 is 0 Å². The number of piperidine rings is 1. The first kappa shape index (κ1) is 23.8. The van der Waals surface area contributed by atoms with E-state index in [0.717, 1.165) is 49.9 Å². The molecule has 0 atom stereocenters. The highest BCUT2D eigenvalue weighted by Crippen LogP contribution is 2.30. The van der Waals surface area contributed by atoms with E-state index in [9.17, 15) is 14.3 Å². The lowest BCUT2D eigenvalue weighted by molar-refractivity contribution is 0.0482. The van der Waals surface area contributed by atoms with E-state index in [-0.39, 0.29) is 5.91 Å². The van der Waals surface area contributed by atoms with Gasteiger partial charge in [-0.15, -0.1) is 0 Å². The van der Waals surface area contributed by atoms with Crippen molar-refractivity contribution in [2.45, 2.75) is 52.6 Å². The van der Waals surface area contributed by atoms with E-state index in [1.807, 2.05) is 26.8 Å². The monoisotopic (exact) mass is 466 g/mol. The first-order valence-electron chi connectivity index (χ1n) is 11.5. The topological polar surface area (TPSA) is 96.2 Å². The maximum absolute atomic E-state index is 13.2. The third-order valence-corrected chi connectivity index (χ3v) is 6.19. The maximum atomic E-state index is 13.2. The lowest BCUT2D eigenvalue weighted by atomic mass is 9.86. The summed E-state index contributed by atoms with van der Waals surface area (Å²) in [6, 6.07) is 4.73. The number of rotatable bonds is 6. The van der Waals surface area contributed by atoms with Crippen LogP contribution in [0.1, 0.15) is 54.7 Å². The summed E-state index contributed by atoms with van der Waals surface area (Å²) in [6.45, 7) is 9.28. The minimum Gasteiger partial charge on any atom is -0.390 e. The van der Waals surface area contributed by atoms with Crippen LogP contribution in [0.5, 0.6) is 0 Å². The fourth-order valence-electron chi connectivity index (χ4n) is 4.58. The van der Waals surface area contributed by atoms with Gasteiger partial charge in [0.05, 0.1) is 41.1 Å². The van der Waals surface area contributed by atoms with Crippen LogP contribution in [-0.4, -0.2) is 49.5 Å². The van der Waals surface area contributed by atoms with E-state index < -0.39 is 11.4 Å². The van der Waals surface area contributed by atoms with E-state index in [2.05, 4.69) is 25.3 Å². The molecule has 4 rings (SSSR count). The number of halogens is 1. The lowest BCUT2D eigenvalue weighted by Crippen LogP contribution is -2.37. The summed E-state index contributed by atoms with van der Waals surface area (Å²) >= 11 is 0. The number of carbonyl (C=O) groups excluding carboxylic acids is 1. The molecule has 1 aliphatic heterocycles. The summed E-state index contributed by atoms with van der Waals surface area (Å²) in [5.74, 6) is 1.14. The van der Waals surface area contributed by atoms with Crippen LogP contribution < -0.4 is 10.2 Å². The van der Waals surface area contributed by atoms with Crippen molar-refractivity contribution < 1.29 is 14.3 Å². The van der Waals surface area contributed by atoms with Gasteiger partial charge in [-0.1, -0.05) is 0 Å². The number of aromatic nitrogens is 4. The Hall–Kier alpha value is -3.33. The molecule has 1 amide bonds. The van der Waals surface area contributed by atoms with Gasteiger partial charge in [0.2, 0.25) is 0 Å². The highest BCUT2D eigenvalue weighted by Gasteiger charge is 2.26. The Morgan fingerprint density at radius 3 is 2.53 bits per heavy atom. The van der Waals surface area contributed by atoms with Gasteiger partial charge in [-0.3, -0.25) is 4.79 Å². The molecule has 2 N–H and O–H groups in total. The average Bonchev–Trinajstić information content (AvgIpc) is 3.15. The molecule has 3 aromatic rings. The molecule has 0 spiro atoms. The van der Waals surface area contributed by atoms with Crippen molar-refractivity contribution in [3.05, 3.63) is 59.4 Å². The maximum Gasteiger partial charge on any atom is 0.259 e. The van der Waals surface area contributed by atoms with Crippen LogP contribution in [0.25, 0.3) is 5.82 Å². The van der Waals surface area contributed by atoms with Gasteiger partial charge in [0.25, 0.3) is 5.91 Å². The van der Waals surface area contributed by atoms with E-state index >= 15 is 0 Å². The number of nitrogens with one attached hydrogen (secondary N) is 1. The van der Waals surface area contributed by atoms with Crippen LogP contribution in [0.3, 0.4) is 0 Å². The SMILES string of the molecule is Cc1cc(NC(=O)c2cnn(-c3ccc(F)cn3)c2C)cnc1N1CCC(CC(C)(C)O)CC1. The summed E-state index contributed by atoms with van der Waals surface area (Å²) in [5.41, 5.74) is 1.97. The average molecular weight is 467 g/mol. The van der Waals surface area contributed by atoms with E-state index in [1.54, 1.807) is 13.1 Å². The van der Waals surface area contributed by atoms with Gasteiger partial charge >= 0.3 is 0 Å². The number of anilines is 2. The number of aliphatic hydroxyl groups is 1. The molecule has 180 valence electrons. The van der Waals surface area contributed by atoms with Gasteiger partial charge in [-0.2, -0.15) is 5.10 Å². The summed E-state index contributed by atoms with van der Waals surface area (Å²) in [4.78, 5) is 23.8. The van der Waals surface area contributed by atoms with Gasteiger partial charge in [-0.25, -0.2) is 19.0 Å². The van der Waals surface area contributed by atoms with Crippen molar-refractivity contribution in [3.8, 4) is 5.82 Å². The summed E-state index contributed by atoms with van der Waals surface area (Å²) in [5, 5.41) is 17.2. The number of aryl methyl sites for hydroxylation is 1. The molecule has 34 heavy (non-hydrogen) atoms. The smallest absolute Gasteiger partial charge is 0.259 e. The zero-order chi connectivity index (χ0) is 24.5. The number of nitrogens with zero attached hydrogens (tertiary/aromatic N) is 5. The van der Waals surface area contributed by atoms with Crippen LogP contribution in [0.15, 0.2) is 36.8 Å². The lowest BCUT2D eigenvalue weighted by Gasteiger charge is -2.35. The molecule has 1 aliphatic rings.